The zero-order valence-corrected chi connectivity index (χ0v) is 10.1. The van der Waals surface area contributed by atoms with Gasteiger partial charge < -0.3 is 5.32 Å². The smallest absolute Gasteiger partial charge is 0.133 e. The van der Waals surface area contributed by atoms with Crippen LogP contribution in [-0.2, 0) is 5.67 Å². The summed E-state index contributed by atoms with van der Waals surface area (Å²) >= 11 is 0. The summed E-state index contributed by atoms with van der Waals surface area (Å²) in [6.07, 6.45) is 1.73. The van der Waals surface area contributed by atoms with Gasteiger partial charge >= 0.3 is 0 Å². The van der Waals surface area contributed by atoms with Gasteiger partial charge in [0.15, 0.2) is 0 Å². The maximum Gasteiger partial charge on any atom is 0.133 e. The molecular formula is C14H20FN. The van der Waals surface area contributed by atoms with E-state index in [1.165, 1.54) is 0 Å². The van der Waals surface area contributed by atoms with Crippen LogP contribution in [0, 0.1) is 12.8 Å². The molecular weight excluding hydrogens is 201 g/mol. The quantitative estimate of drug-likeness (QED) is 0.826. The van der Waals surface area contributed by atoms with Crippen molar-refractivity contribution in [2.24, 2.45) is 5.92 Å². The third kappa shape index (κ3) is 2.62. The molecule has 1 N–H and O–H groups in total. The topological polar surface area (TPSA) is 12.0 Å². The maximum absolute atomic E-state index is 14.6. The molecule has 0 aliphatic carbocycles. The zero-order chi connectivity index (χ0) is 11.6. The van der Waals surface area contributed by atoms with E-state index in [-0.39, 0.29) is 0 Å². The van der Waals surface area contributed by atoms with Crippen molar-refractivity contribution in [2.45, 2.75) is 32.4 Å². The molecule has 0 saturated carbocycles. The van der Waals surface area contributed by atoms with Crippen molar-refractivity contribution in [3.05, 3.63) is 35.4 Å². The summed E-state index contributed by atoms with van der Waals surface area (Å²) in [7, 11) is 0. The lowest BCUT2D eigenvalue weighted by Crippen LogP contribution is -2.21. The van der Waals surface area contributed by atoms with E-state index in [4.69, 9.17) is 0 Å². The van der Waals surface area contributed by atoms with Gasteiger partial charge in [-0.25, -0.2) is 4.39 Å². The van der Waals surface area contributed by atoms with Gasteiger partial charge in [-0.05, 0) is 51.3 Å². The van der Waals surface area contributed by atoms with Gasteiger partial charge in [0.25, 0.3) is 0 Å². The van der Waals surface area contributed by atoms with E-state index >= 15 is 0 Å². The summed E-state index contributed by atoms with van der Waals surface area (Å²) in [5, 5.41) is 3.29. The fourth-order valence-corrected chi connectivity index (χ4v) is 2.52. The van der Waals surface area contributed by atoms with Crippen LogP contribution in [0.4, 0.5) is 4.39 Å². The molecule has 1 aliphatic rings. The number of alkyl halides is 1. The Bertz CT molecular complexity index is 354. The van der Waals surface area contributed by atoms with E-state index < -0.39 is 5.67 Å². The Morgan fingerprint density at radius 1 is 1.50 bits per heavy atom. The average molecular weight is 221 g/mol. The van der Waals surface area contributed by atoms with Crippen molar-refractivity contribution in [1.82, 2.24) is 5.32 Å². The van der Waals surface area contributed by atoms with Crippen LogP contribution < -0.4 is 5.32 Å². The monoisotopic (exact) mass is 221 g/mol. The molecule has 2 unspecified atom stereocenters. The maximum atomic E-state index is 14.6. The predicted octanol–water partition coefficient (Wildman–Crippen LogP) is 3.18. The van der Waals surface area contributed by atoms with E-state index in [9.17, 15) is 4.39 Å². The summed E-state index contributed by atoms with van der Waals surface area (Å²) in [4.78, 5) is 0. The first-order valence-corrected chi connectivity index (χ1v) is 6.05. The molecule has 0 radical (unpaired) electrons. The first-order valence-electron chi connectivity index (χ1n) is 6.05. The van der Waals surface area contributed by atoms with Gasteiger partial charge in [-0.15, -0.1) is 0 Å². The second-order valence-corrected chi connectivity index (χ2v) is 5.13. The number of hydrogen-bond donors (Lipinski definition) is 1. The molecule has 0 aromatic heterocycles. The number of benzene rings is 1. The molecule has 2 atom stereocenters. The Labute approximate surface area is 97.1 Å². The Morgan fingerprint density at radius 3 is 2.94 bits per heavy atom. The van der Waals surface area contributed by atoms with Crippen LogP contribution in [0.15, 0.2) is 24.3 Å². The highest BCUT2D eigenvalue weighted by Crippen LogP contribution is 2.34. The minimum atomic E-state index is -1.19. The number of aryl methyl sites for hydroxylation is 1. The highest BCUT2D eigenvalue weighted by atomic mass is 19.1. The third-order valence-electron chi connectivity index (χ3n) is 3.45. The normalized spacial score (nSPS) is 24.3. The van der Waals surface area contributed by atoms with Crippen molar-refractivity contribution >= 4 is 0 Å². The largest absolute Gasteiger partial charge is 0.316 e. The first-order chi connectivity index (χ1) is 7.58. The van der Waals surface area contributed by atoms with Gasteiger partial charge in [-0.2, -0.15) is 0 Å². The SMILES string of the molecule is Cc1cccc(C(C)(F)CC2CCNC2)c1. The molecule has 0 spiro atoms. The lowest BCUT2D eigenvalue weighted by atomic mass is 9.86. The average Bonchev–Trinajstić information content (AvgIpc) is 2.70. The summed E-state index contributed by atoms with van der Waals surface area (Å²) in [6, 6.07) is 7.81. The summed E-state index contributed by atoms with van der Waals surface area (Å²) in [5.41, 5.74) is 0.758. The molecule has 2 rings (SSSR count). The lowest BCUT2D eigenvalue weighted by molar-refractivity contribution is 0.150. The van der Waals surface area contributed by atoms with Crippen LogP contribution in [0.5, 0.6) is 0 Å². The van der Waals surface area contributed by atoms with Crippen LogP contribution in [-0.4, -0.2) is 13.1 Å². The van der Waals surface area contributed by atoms with E-state index in [0.717, 1.165) is 30.6 Å². The first kappa shape index (κ1) is 11.6. The van der Waals surface area contributed by atoms with E-state index in [1.807, 2.05) is 31.2 Å². The molecule has 1 fully saturated rings. The van der Waals surface area contributed by atoms with Gasteiger partial charge in [0.1, 0.15) is 5.67 Å². The number of halogens is 1. The summed E-state index contributed by atoms with van der Waals surface area (Å²) < 4.78 is 14.6. The van der Waals surface area contributed by atoms with E-state index in [1.54, 1.807) is 6.92 Å². The van der Waals surface area contributed by atoms with Gasteiger partial charge in [-0.1, -0.05) is 29.8 Å². The van der Waals surface area contributed by atoms with Crippen molar-refractivity contribution in [3.63, 3.8) is 0 Å². The Hall–Kier alpha value is -0.890. The molecule has 1 nitrogen and oxygen atoms in total. The van der Waals surface area contributed by atoms with Crippen LogP contribution in [0.3, 0.4) is 0 Å². The summed E-state index contributed by atoms with van der Waals surface area (Å²) in [5.74, 6) is 0.482. The van der Waals surface area contributed by atoms with Crippen LogP contribution in [0.2, 0.25) is 0 Å². The van der Waals surface area contributed by atoms with Crippen LogP contribution in [0.25, 0.3) is 0 Å². The van der Waals surface area contributed by atoms with Crippen molar-refractivity contribution in [2.75, 3.05) is 13.1 Å². The molecule has 0 amide bonds. The Morgan fingerprint density at radius 2 is 2.31 bits per heavy atom. The van der Waals surface area contributed by atoms with Crippen molar-refractivity contribution in [3.8, 4) is 0 Å². The molecule has 0 bridgehead atoms. The van der Waals surface area contributed by atoms with Crippen molar-refractivity contribution < 1.29 is 4.39 Å². The van der Waals surface area contributed by atoms with Crippen LogP contribution in [0.1, 0.15) is 30.9 Å². The fourth-order valence-electron chi connectivity index (χ4n) is 2.52. The molecule has 1 aromatic carbocycles. The second-order valence-electron chi connectivity index (χ2n) is 5.13. The predicted molar refractivity (Wildman–Crippen MR) is 65.2 cm³/mol. The third-order valence-corrected chi connectivity index (χ3v) is 3.45. The number of hydrogen-bond acceptors (Lipinski definition) is 1. The van der Waals surface area contributed by atoms with Crippen LogP contribution >= 0.6 is 0 Å². The Kier molecular flexibility index (Phi) is 3.29. The van der Waals surface area contributed by atoms with Gasteiger partial charge in [0, 0.05) is 0 Å². The standard InChI is InChI=1S/C14H20FN/c1-11-4-3-5-13(8-11)14(2,15)9-12-6-7-16-10-12/h3-5,8,12,16H,6-7,9-10H2,1-2H3. The summed E-state index contributed by atoms with van der Waals surface area (Å²) in [6.45, 7) is 5.72. The molecule has 1 heterocycles. The van der Waals surface area contributed by atoms with E-state index in [0.29, 0.717) is 12.3 Å². The molecule has 1 saturated heterocycles. The Balaban J connectivity index is 2.10. The highest BCUT2D eigenvalue weighted by molar-refractivity contribution is 5.27. The van der Waals surface area contributed by atoms with E-state index in [2.05, 4.69) is 5.32 Å². The molecule has 1 aliphatic heterocycles. The number of nitrogens with one attached hydrogen (secondary N) is 1. The molecule has 16 heavy (non-hydrogen) atoms. The fraction of sp³-hybridized carbons (Fsp3) is 0.571. The van der Waals surface area contributed by atoms with Gasteiger partial charge in [-0.3, -0.25) is 0 Å². The zero-order valence-electron chi connectivity index (χ0n) is 10.1. The van der Waals surface area contributed by atoms with Gasteiger partial charge in [0.2, 0.25) is 0 Å². The highest BCUT2D eigenvalue weighted by Gasteiger charge is 2.30. The molecule has 88 valence electrons. The number of rotatable bonds is 3. The second kappa shape index (κ2) is 4.54. The van der Waals surface area contributed by atoms with Gasteiger partial charge in [0.05, 0.1) is 0 Å². The molecule has 2 heteroatoms. The minimum absolute atomic E-state index is 0.482. The molecule has 1 aromatic rings. The van der Waals surface area contributed by atoms with Crippen molar-refractivity contribution in [1.29, 1.82) is 0 Å². The lowest BCUT2D eigenvalue weighted by Gasteiger charge is -2.24. The minimum Gasteiger partial charge on any atom is -0.316 e.